The average Bonchev–Trinajstić information content (AvgIpc) is 2.85. The number of ketones is 1. The van der Waals surface area contributed by atoms with Gasteiger partial charge in [-0.3, -0.25) is 4.79 Å². The van der Waals surface area contributed by atoms with Gasteiger partial charge < -0.3 is 15.3 Å². The normalized spacial score (nSPS) is 55.4. The van der Waals surface area contributed by atoms with E-state index < -0.39 is 40.2 Å². The predicted molar refractivity (Wildman–Crippen MR) is 99.5 cm³/mol. The minimum Gasteiger partial charge on any atom is -0.390 e. The highest BCUT2D eigenvalue weighted by atomic mass is 19.1. The molecule has 3 N–H and O–H groups in total. The third-order valence-corrected chi connectivity index (χ3v) is 8.88. The molecule has 0 radical (unpaired) electrons. The molecule has 27 heavy (non-hydrogen) atoms. The molecule has 0 saturated heterocycles. The summed E-state index contributed by atoms with van der Waals surface area (Å²) in [6, 6.07) is 0. The zero-order valence-electron chi connectivity index (χ0n) is 16.6. The third-order valence-electron chi connectivity index (χ3n) is 8.88. The third kappa shape index (κ3) is 2.06. The van der Waals surface area contributed by atoms with Crippen LogP contribution in [0.25, 0.3) is 0 Å². The van der Waals surface area contributed by atoms with Crippen LogP contribution in [0, 0.1) is 28.6 Å². The van der Waals surface area contributed by atoms with Crippen molar-refractivity contribution in [3.05, 3.63) is 23.8 Å². The van der Waals surface area contributed by atoms with E-state index in [9.17, 15) is 20.1 Å². The molecule has 4 aliphatic rings. The molecule has 3 saturated carbocycles. The van der Waals surface area contributed by atoms with Crippen LogP contribution >= 0.6 is 0 Å². The van der Waals surface area contributed by atoms with Crippen molar-refractivity contribution < 1.29 is 24.5 Å². The first-order chi connectivity index (χ1) is 12.4. The van der Waals surface area contributed by atoms with Crippen molar-refractivity contribution in [1.29, 1.82) is 0 Å². The molecule has 4 rings (SSSR count). The summed E-state index contributed by atoms with van der Waals surface area (Å²) in [5.41, 5.74) is -4.22. The molecule has 0 spiro atoms. The van der Waals surface area contributed by atoms with Crippen LogP contribution in [0.15, 0.2) is 23.8 Å². The van der Waals surface area contributed by atoms with Crippen LogP contribution in [0.5, 0.6) is 0 Å². The predicted octanol–water partition coefficient (Wildman–Crippen LogP) is 2.72. The van der Waals surface area contributed by atoms with Crippen molar-refractivity contribution in [1.82, 2.24) is 0 Å². The highest BCUT2D eigenvalue weighted by molar-refractivity contribution is 6.01. The van der Waals surface area contributed by atoms with Crippen molar-refractivity contribution in [3.8, 4) is 0 Å². The van der Waals surface area contributed by atoms with Crippen molar-refractivity contribution in [2.45, 2.75) is 76.9 Å². The number of carbonyl (C=O) groups excluding carboxylic acids is 1. The summed E-state index contributed by atoms with van der Waals surface area (Å²) in [6.07, 6.45) is 4.08. The van der Waals surface area contributed by atoms with Gasteiger partial charge in [0, 0.05) is 16.7 Å². The molecule has 4 aliphatic carbocycles. The maximum Gasteiger partial charge on any atom is 0.178 e. The van der Waals surface area contributed by atoms with Gasteiger partial charge in [-0.15, -0.1) is 0 Å². The van der Waals surface area contributed by atoms with Gasteiger partial charge in [0.1, 0.15) is 0 Å². The zero-order valence-corrected chi connectivity index (χ0v) is 16.6. The molecule has 0 heterocycles. The monoisotopic (exact) mass is 378 g/mol. The van der Waals surface area contributed by atoms with E-state index in [0.29, 0.717) is 19.3 Å². The Morgan fingerprint density at radius 1 is 1.30 bits per heavy atom. The van der Waals surface area contributed by atoms with E-state index in [0.717, 1.165) is 5.57 Å². The van der Waals surface area contributed by atoms with Crippen LogP contribution in [-0.2, 0) is 4.79 Å². The second-order valence-electron chi connectivity index (χ2n) is 9.93. The Bertz CT molecular complexity index is 745. The maximum atomic E-state index is 16.9. The largest absolute Gasteiger partial charge is 0.390 e. The highest BCUT2D eigenvalue weighted by Gasteiger charge is 2.74. The molecule has 0 unspecified atom stereocenters. The van der Waals surface area contributed by atoms with Crippen LogP contribution in [0.2, 0.25) is 0 Å². The number of alkyl halides is 1. The molecule has 5 heteroatoms. The van der Waals surface area contributed by atoms with Crippen LogP contribution in [0.3, 0.4) is 0 Å². The lowest BCUT2D eigenvalue weighted by Gasteiger charge is -2.64. The Kier molecular flexibility index (Phi) is 3.94. The number of carbonyl (C=O) groups is 1. The van der Waals surface area contributed by atoms with Crippen molar-refractivity contribution >= 4 is 5.78 Å². The molecule has 150 valence electrons. The fourth-order valence-corrected chi connectivity index (χ4v) is 7.32. The van der Waals surface area contributed by atoms with Crippen LogP contribution in [-0.4, -0.2) is 44.6 Å². The maximum absolute atomic E-state index is 16.9. The lowest BCUT2D eigenvalue weighted by Crippen LogP contribution is -2.70. The number of hydrogen-bond acceptors (Lipinski definition) is 4. The molecule has 9 atom stereocenters. The number of fused-ring (bicyclic) bond motifs is 5. The van der Waals surface area contributed by atoms with E-state index in [4.69, 9.17) is 0 Å². The highest BCUT2D eigenvalue weighted by Crippen LogP contribution is 2.70. The van der Waals surface area contributed by atoms with Gasteiger partial charge in [-0.1, -0.05) is 25.5 Å². The Morgan fingerprint density at radius 2 is 1.96 bits per heavy atom. The Hall–Kier alpha value is -1.04. The fourth-order valence-electron chi connectivity index (χ4n) is 7.32. The summed E-state index contributed by atoms with van der Waals surface area (Å²) in [5, 5.41) is 32.7. The summed E-state index contributed by atoms with van der Waals surface area (Å²) in [6.45, 7) is 7.30. The molecule has 0 aliphatic heterocycles. The molecule has 0 aromatic heterocycles. The molecule has 0 aromatic carbocycles. The Labute approximate surface area is 160 Å². The van der Waals surface area contributed by atoms with E-state index in [-0.39, 0.29) is 24.0 Å². The van der Waals surface area contributed by atoms with Crippen molar-refractivity contribution in [3.63, 3.8) is 0 Å². The number of aliphatic hydroxyl groups excluding tert-OH is 2. The first kappa shape index (κ1) is 19.3. The molecular weight excluding hydrogens is 347 g/mol. The number of hydrogen-bond donors (Lipinski definition) is 3. The number of allylic oxidation sites excluding steroid dienone is 4. The lowest BCUT2D eigenvalue weighted by molar-refractivity contribution is -0.235. The SMILES string of the molecule is C[C@H]1C[C@H]2[C@@H]3CC[C@](O)([C@@H](C)O)[C@@]3(C)C[C@H](O)[C@]2(F)[C@@]2(C)C=CC(=O)C=C12. The van der Waals surface area contributed by atoms with Crippen LogP contribution in [0.1, 0.15) is 53.4 Å². The number of halogens is 1. The molecule has 0 amide bonds. The molecule has 0 aromatic rings. The molecule has 0 bridgehead atoms. The van der Waals surface area contributed by atoms with Gasteiger partial charge in [-0.05, 0) is 63.5 Å². The Balaban J connectivity index is 1.85. The van der Waals surface area contributed by atoms with Gasteiger partial charge in [0.15, 0.2) is 11.5 Å². The van der Waals surface area contributed by atoms with Gasteiger partial charge >= 0.3 is 0 Å². The zero-order chi connectivity index (χ0) is 20.0. The second kappa shape index (κ2) is 5.52. The Morgan fingerprint density at radius 3 is 2.59 bits per heavy atom. The number of rotatable bonds is 1. The average molecular weight is 378 g/mol. The summed E-state index contributed by atoms with van der Waals surface area (Å²) >= 11 is 0. The van der Waals surface area contributed by atoms with E-state index in [2.05, 4.69) is 0 Å². The smallest absolute Gasteiger partial charge is 0.178 e. The minimum atomic E-state index is -1.89. The van der Waals surface area contributed by atoms with E-state index >= 15 is 4.39 Å². The van der Waals surface area contributed by atoms with Gasteiger partial charge in [0.05, 0.1) is 17.8 Å². The standard InChI is InChI=1S/C22H31FO4/c1-12-9-17-15-6-8-21(27,13(2)24)20(15,4)11-18(26)22(17,23)19(3)7-5-14(25)10-16(12)19/h5,7,10,12-13,15,17-18,24,26-27H,6,8-9,11H2,1-4H3/t12-,13+,15-,17-,18-,19-,20-,21-,22-/m0/s1. The fraction of sp³-hybridized carbons (Fsp3) is 0.773. The van der Waals surface area contributed by atoms with E-state index in [1.807, 2.05) is 13.8 Å². The van der Waals surface area contributed by atoms with Gasteiger partial charge in [0.25, 0.3) is 0 Å². The summed E-state index contributed by atoms with van der Waals surface area (Å²) < 4.78 is 16.9. The quantitative estimate of drug-likeness (QED) is 0.656. The minimum absolute atomic E-state index is 0.0209. The second-order valence-corrected chi connectivity index (χ2v) is 9.93. The molecular formula is C22H31FO4. The van der Waals surface area contributed by atoms with E-state index in [1.54, 1.807) is 26.0 Å². The first-order valence-electron chi connectivity index (χ1n) is 10.1. The topological polar surface area (TPSA) is 77.8 Å². The summed E-state index contributed by atoms with van der Waals surface area (Å²) in [7, 11) is 0. The summed E-state index contributed by atoms with van der Waals surface area (Å²) in [4.78, 5) is 11.9. The molecule has 3 fully saturated rings. The van der Waals surface area contributed by atoms with Gasteiger partial charge in [-0.2, -0.15) is 0 Å². The van der Waals surface area contributed by atoms with Crippen molar-refractivity contribution in [2.75, 3.05) is 0 Å². The van der Waals surface area contributed by atoms with E-state index in [1.165, 1.54) is 6.08 Å². The summed E-state index contributed by atoms with van der Waals surface area (Å²) in [5.74, 6) is -0.671. The van der Waals surface area contributed by atoms with Crippen LogP contribution < -0.4 is 0 Å². The van der Waals surface area contributed by atoms with Crippen molar-refractivity contribution in [2.24, 2.45) is 28.6 Å². The van der Waals surface area contributed by atoms with Crippen LogP contribution in [0.4, 0.5) is 4.39 Å². The lowest BCUT2D eigenvalue weighted by atomic mass is 9.43. The molecule has 4 nitrogen and oxygen atoms in total. The van der Waals surface area contributed by atoms with Gasteiger partial charge in [0.2, 0.25) is 0 Å². The van der Waals surface area contributed by atoms with Gasteiger partial charge in [-0.25, -0.2) is 4.39 Å². The number of aliphatic hydroxyl groups is 3. The first-order valence-corrected chi connectivity index (χ1v) is 10.1.